The van der Waals surface area contributed by atoms with Crippen molar-refractivity contribution in [3.8, 4) is 6.07 Å². The van der Waals surface area contributed by atoms with Crippen LogP contribution in [0.1, 0.15) is 46.2 Å². The van der Waals surface area contributed by atoms with Gasteiger partial charge in [-0.15, -0.1) is 0 Å². The van der Waals surface area contributed by atoms with Gasteiger partial charge in [0.25, 0.3) is 5.91 Å². The number of rotatable bonds is 7. The van der Waals surface area contributed by atoms with E-state index in [2.05, 4.69) is 6.07 Å². The summed E-state index contributed by atoms with van der Waals surface area (Å²) in [6.07, 6.45) is 0.199. The summed E-state index contributed by atoms with van der Waals surface area (Å²) >= 11 is 0. The third-order valence-electron chi connectivity index (χ3n) is 4.70. The van der Waals surface area contributed by atoms with Crippen LogP contribution in [0.15, 0.2) is 24.3 Å². The van der Waals surface area contributed by atoms with Crippen molar-refractivity contribution in [3.05, 3.63) is 52.3 Å². The maximum Gasteiger partial charge on any atom is 0.340 e. The normalized spacial score (nSPS) is 10.4. The molecule has 6 nitrogen and oxygen atoms in total. The van der Waals surface area contributed by atoms with Crippen LogP contribution in [-0.4, -0.2) is 29.6 Å². The maximum atomic E-state index is 12.8. The molecule has 1 aromatic carbocycles. The molecule has 0 bridgehead atoms. The summed E-state index contributed by atoms with van der Waals surface area (Å²) in [4.78, 5) is 26.7. The van der Waals surface area contributed by atoms with Gasteiger partial charge in [0.1, 0.15) is 0 Å². The molecule has 0 saturated carbocycles. The van der Waals surface area contributed by atoms with E-state index < -0.39 is 5.97 Å². The van der Waals surface area contributed by atoms with Crippen molar-refractivity contribution in [1.82, 2.24) is 4.57 Å². The molecule has 0 radical (unpaired) electrons. The van der Waals surface area contributed by atoms with Gasteiger partial charge in [-0.1, -0.05) is 6.07 Å². The molecule has 6 heteroatoms. The lowest BCUT2D eigenvalue weighted by Crippen LogP contribution is -2.35. The number of carbonyl (C=O) groups excluding carboxylic acids is 2. The van der Waals surface area contributed by atoms with Gasteiger partial charge in [0, 0.05) is 30.2 Å². The van der Waals surface area contributed by atoms with E-state index in [9.17, 15) is 9.59 Å². The van der Waals surface area contributed by atoms with Crippen molar-refractivity contribution in [1.29, 1.82) is 5.26 Å². The van der Waals surface area contributed by atoms with Crippen LogP contribution in [0, 0.1) is 39.0 Å². The highest BCUT2D eigenvalue weighted by molar-refractivity contribution is 5.97. The van der Waals surface area contributed by atoms with E-state index >= 15 is 0 Å². The summed E-state index contributed by atoms with van der Waals surface area (Å²) in [5.74, 6) is -0.861. The molecule has 2 rings (SSSR count). The van der Waals surface area contributed by atoms with Gasteiger partial charge in [-0.05, 0) is 63.9 Å². The van der Waals surface area contributed by atoms with Gasteiger partial charge in [-0.2, -0.15) is 5.26 Å². The zero-order valence-electron chi connectivity index (χ0n) is 17.2. The molecule has 1 amide bonds. The van der Waals surface area contributed by atoms with Crippen LogP contribution in [0.2, 0.25) is 0 Å². The standard InChI is InChI=1S/C22H27N3O3/c1-6-24-17(4)13-20(18(24)5)22(27)28-14-21(26)25(9-7-8-23)19-11-15(2)10-16(3)12-19/h10-13H,6-7,9,14H2,1-5H3. The van der Waals surface area contributed by atoms with Crippen LogP contribution < -0.4 is 4.90 Å². The Kier molecular flexibility index (Phi) is 7.00. The Labute approximate surface area is 166 Å². The first kappa shape index (κ1) is 21.2. The summed E-state index contributed by atoms with van der Waals surface area (Å²) in [6.45, 7) is 10.4. The highest BCUT2D eigenvalue weighted by atomic mass is 16.5. The lowest BCUT2D eigenvalue weighted by molar-refractivity contribution is -0.121. The minimum atomic E-state index is -0.512. The number of ether oxygens (including phenoxy) is 1. The third-order valence-corrected chi connectivity index (χ3v) is 4.70. The highest BCUT2D eigenvalue weighted by Crippen LogP contribution is 2.20. The van der Waals surface area contributed by atoms with Crippen LogP contribution in [0.25, 0.3) is 0 Å². The van der Waals surface area contributed by atoms with Gasteiger partial charge in [-0.3, -0.25) is 4.79 Å². The number of hydrogen-bond acceptors (Lipinski definition) is 4. The second-order valence-electron chi connectivity index (χ2n) is 6.90. The number of nitriles is 1. The fourth-order valence-electron chi connectivity index (χ4n) is 3.44. The molecule has 28 heavy (non-hydrogen) atoms. The first-order valence-electron chi connectivity index (χ1n) is 9.38. The monoisotopic (exact) mass is 381 g/mol. The van der Waals surface area contributed by atoms with Crippen LogP contribution in [0.5, 0.6) is 0 Å². The fraction of sp³-hybridized carbons (Fsp3) is 0.409. The molecule has 148 valence electrons. The molecule has 0 unspecified atom stereocenters. The Balaban J connectivity index is 2.15. The number of hydrogen-bond donors (Lipinski definition) is 0. The maximum absolute atomic E-state index is 12.8. The predicted molar refractivity (Wildman–Crippen MR) is 108 cm³/mol. The number of amides is 1. The van der Waals surface area contributed by atoms with E-state index in [1.165, 1.54) is 4.90 Å². The number of nitrogens with zero attached hydrogens (tertiary/aromatic N) is 3. The number of benzene rings is 1. The Hall–Kier alpha value is -3.07. The fourth-order valence-corrected chi connectivity index (χ4v) is 3.44. The summed E-state index contributed by atoms with van der Waals surface area (Å²) in [5, 5.41) is 8.93. The number of esters is 1. The second-order valence-corrected chi connectivity index (χ2v) is 6.90. The minimum absolute atomic E-state index is 0.199. The molecule has 1 heterocycles. The number of anilines is 1. The Morgan fingerprint density at radius 1 is 1.11 bits per heavy atom. The second kappa shape index (κ2) is 9.23. The van der Waals surface area contributed by atoms with Crippen LogP contribution in [-0.2, 0) is 16.1 Å². The third kappa shape index (κ3) is 4.80. The molecule has 0 spiro atoms. The van der Waals surface area contributed by atoms with Gasteiger partial charge >= 0.3 is 5.97 Å². The predicted octanol–water partition coefficient (Wildman–Crippen LogP) is 3.85. The lowest BCUT2D eigenvalue weighted by atomic mass is 10.1. The molecular formula is C22H27N3O3. The topological polar surface area (TPSA) is 75.3 Å². The zero-order valence-corrected chi connectivity index (χ0v) is 17.2. The molecule has 0 aliphatic rings. The quantitative estimate of drug-likeness (QED) is 0.683. The summed E-state index contributed by atoms with van der Waals surface area (Å²) in [6, 6.07) is 9.63. The van der Waals surface area contributed by atoms with Crippen LogP contribution >= 0.6 is 0 Å². The zero-order chi connectivity index (χ0) is 20.8. The van der Waals surface area contributed by atoms with Crippen LogP contribution in [0.4, 0.5) is 5.69 Å². The van der Waals surface area contributed by atoms with E-state index in [0.29, 0.717) is 11.3 Å². The average Bonchev–Trinajstić information content (AvgIpc) is 2.93. The number of aromatic nitrogens is 1. The van der Waals surface area contributed by atoms with Crippen molar-refractivity contribution in [3.63, 3.8) is 0 Å². The van der Waals surface area contributed by atoms with Crippen molar-refractivity contribution >= 4 is 17.6 Å². The highest BCUT2D eigenvalue weighted by Gasteiger charge is 2.21. The SMILES string of the molecule is CCn1c(C)cc(C(=O)OCC(=O)N(CCC#N)c2cc(C)cc(C)c2)c1C. The summed E-state index contributed by atoms with van der Waals surface area (Å²) in [5.41, 5.74) is 5.03. The Morgan fingerprint density at radius 2 is 1.75 bits per heavy atom. The Bertz CT molecular complexity index is 902. The largest absolute Gasteiger partial charge is 0.452 e. The average molecular weight is 381 g/mol. The minimum Gasteiger partial charge on any atom is -0.452 e. The molecule has 1 aromatic heterocycles. The van der Waals surface area contributed by atoms with E-state index in [1.54, 1.807) is 6.07 Å². The van der Waals surface area contributed by atoms with Crippen LogP contribution in [0.3, 0.4) is 0 Å². The smallest absolute Gasteiger partial charge is 0.340 e. The lowest BCUT2D eigenvalue weighted by Gasteiger charge is -2.22. The Morgan fingerprint density at radius 3 is 2.29 bits per heavy atom. The molecule has 0 saturated heterocycles. The van der Waals surface area contributed by atoms with Gasteiger partial charge in [0.05, 0.1) is 18.1 Å². The first-order chi connectivity index (χ1) is 13.3. The van der Waals surface area contributed by atoms with Gasteiger partial charge in [-0.25, -0.2) is 4.79 Å². The number of carbonyl (C=O) groups is 2. The molecule has 2 aromatic rings. The molecular weight excluding hydrogens is 354 g/mol. The molecule has 0 aliphatic heterocycles. The molecule has 0 aliphatic carbocycles. The molecule has 0 fully saturated rings. The van der Waals surface area contributed by atoms with Crippen molar-refractivity contribution in [2.45, 2.75) is 47.6 Å². The molecule has 0 atom stereocenters. The number of aryl methyl sites for hydroxylation is 3. The van der Waals surface area contributed by atoms with Gasteiger partial charge < -0.3 is 14.2 Å². The van der Waals surface area contributed by atoms with Gasteiger partial charge in [0.15, 0.2) is 6.61 Å². The van der Waals surface area contributed by atoms with Crippen molar-refractivity contribution in [2.75, 3.05) is 18.1 Å². The van der Waals surface area contributed by atoms with E-state index in [-0.39, 0.29) is 25.5 Å². The van der Waals surface area contributed by atoms with Crippen molar-refractivity contribution in [2.24, 2.45) is 0 Å². The summed E-state index contributed by atoms with van der Waals surface area (Å²) in [7, 11) is 0. The molecule has 0 N–H and O–H groups in total. The van der Waals surface area contributed by atoms with E-state index in [4.69, 9.17) is 10.00 Å². The van der Waals surface area contributed by atoms with Crippen molar-refractivity contribution < 1.29 is 14.3 Å². The summed E-state index contributed by atoms with van der Waals surface area (Å²) < 4.78 is 7.32. The van der Waals surface area contributed by atoms with Gasteiger partial charge in [0.2, 0.25) is 0 Å². The van der Waals surface area contributed by atoms with E-state index in [0.717, 1.165) is 29.1 Å². The first-order valence-corrected chi connectivity index (χ1v) is 9.38. The van der Waals surface area contributed by atoms with E-state index in [1.807, 2.05) is 57.4 Å².